The molecule has 4 aliphatic heterocycles. The minimum Gasteiger partial charge on any atom is -0.458 e. The molecule has 26 heavy (non-hydrogen) atoms. The average Bonchev–Trinajstić information content (AvgIpc) is 3.47. The zero-order valence-corrected chi connectivity index (χ0v) is 15.2. The number of cyclic esters (lactones) is 1. The quantitative estimate of drug-likeness (QED) is 0.519. The van der Waals surface area contributed by atoms with Crippen molar-refractivity contribution in [1.82, 2.24) is 0 Å². The van der Waals surface area contributed by atoms with Crippen LogP contribution in [0.4, 0.5) is 0 Å². The van der Waals surface area contributed by atoms with Gasteiger partial charge in [-0.05, 0) is 36.7 Å². The first-order valence-corrected chi connectivity index (χ1v) is 9.82. The molecule has 0 aromatic rings. The van der Waals surface area contributed by atoms with Crippen LogP contribution in [0.15, 0.2) is 11.1 Å². The summed E-state index contributed by atoms with van der Waals surface area (Å²) in [6.07, 6.45) is 1.97. The highest BCUT2D eigenvalue weighted by molar-refractivity contribution is 6.05. The van der Waals surface area contributed by atoms with Gasteiger partial charge in [0.15, 0.2) is 11.2 Å². The minimum absolute atomic E-state index is 0.0689. The van der Waals surface area contributed by atoms with Crippen molar-refractivity contribution < 1.29 is 28.5 Å². The number of ketones is 1. The van der Waals surface area contributed by atoms with E-state index in [1.54, 1.807) is 0 Å². The summed E-state index contributed by atoms with van der Waals surface area (Å²) >= 11 is 0. The Morgan fingerprint density at radius 2 is 1.92 bits per heavy atom. The monoisotopic (exact) mass is 358 g/mol. The van der Waals surface area contributed by atoms with E-state index >= 15 is 0 Å². The maximum Gasteiger partial charge on any atom is 0.334 e. The molecule has 2 saturated carbocycles. The summed E-state index contributed by atoms with van der Waals surface area (Å²) in [4.78, 5) is 25.7. The molecule has 2 spiro atoms. The van der Waals surface area contributed by atoms with E-state index in [4.69, 9.17) is 18.9 Å². The second kappa shape index (κ2) is 3.69. The van der Waals surface area contributed by atoms with Crippen molar-refractivity contribution >= 4 is 11.8 Å². The number of hydrogen-bond acceptors (Lipinski definition) is 6. The summed E-state index contributed by atoms with van der Waals surface area (Å²) in [6, 6.07) is 0. The van der Waals surface area contributed by atoms with E-state index in [1.165, 1.54) is 0 Å². The van der Waals surface area contributed by atoms with Crippen LogP contribution in [0.5, 0.6) is 0 Å². The maximum absolute atomic E-state index is 13.6. The van der Waals surface area contributed by atoms with Crippen LogP contribution >= 0.6 is 0 Å². The van der Waals surface area contributed by atoms with Crippen molar-refractivity contribution in [3.63, 3.8) is 0 Å². The van der Waals surface area contributed by atoms with Gasteiger partial charge in [0.2, 0.25) is 5.78 Å². The first-order valence-electron chi connectivity index (χ1n) is 9.82. The Morgan fingerprint density at radius 3 is 2.69 bits per heavy atom. The number of carbonyl (C=O) groups excluding carboxylic acids is 2. The third-order valence-corrected chi connectivity index (χ3v) is 8.82. The number of carbonyl (C=O) groups is 2. The van der Waals surface area contributed by atoms with Gasteiger partial charge in [0.1, 0.15) is 24.4 Å². The molecule has 3 saturated heterocycles. The Hall–Kier alpha value is -1.24. The SMILES string of the molecule is CC(C)[C@]12O[C@H]1[C@H]1O[C@]13[C@@]1(C)CCC4=C(COC4=O)[C@H]1C[C@H]1O[C@@]13C2=O. The second-order valence-corrected chi connectivity index (χ2v) is 9.72. The highest BCUT2D eigenvalue weighted by Crippen LogP contribution is 2.81. The highest BCUT2D eigenvalue weighted by Gasteiger charge is 3.00. The Balaban J connectivity index is 1.40. The fourth-order valence-corrected chi connectivity index (χ4v) is 7.41. The lowest BCUT2D eigenvalue weighted by Gasteiger charge is -2.51. The number of Topliss-reactive ketones (excluding diaryl/α,β-unsaturated/α-hetero) is 1. The second-order valence-electron chi connectivity index (χ2n) is 9.72. The number of fused-ring (bicyclic) bond motifs is 4. The predicted molar refractivity (Wildman–Crippen MR) is 86.1 cm³/mol. The zero-order chi connectivity index (χ0) is 17.9. The van der Waals surface area contributed by atoms with Crippen LogP contribution in [0, 0.1) is 17.3 Å². The summed E-state index contributed by atoms with van der Waals surface area (Å²) in [5.41, 5.74) is -0.371. The van der Waals surface area contributed by atoms with Crippen molar-refractivity contribution in [2.45, 2.75) is 75.1 Å². The van der Waals surface area contributed by atoms with Gasteiger partial charge in [0.25, 0.3) is 0 Å². The number of hydrogen-bond donors (Lipinski definition) is 0. The summed E-state index contributed by atoms with van der Waals surface area (Å²) in [5, 5.41) is 0. The third kappa shape index (κ3) is 1.10. The summed E-state index contributed by atoms with van der Waals surface area (Å²) in [6.45, 7) is 6.72. The van der Waals surface area contributed by atoms with Gasteiger partial charge in [-0.1, -0.05) is 20.8 Å². The Bertz CT molecular complexity index is 860. The molecule has 0 bridgehead atoms. The molecule has 4 heterocycles. The molecule has 8 atom stereocenters. The van der Waals surface area contributed by atoms with E-state index in [0.29, 0.717) is 13.0 Å². The maximum atomic E-state index is 13.6. The van der Waals surface area contributed by atoms with E-state index in [9.17, 15) is 9.59 Å². The van der Waals surface area contributed by atoms with Crippen LogP contribution in [0.3, 0.4) is 0 Å². The molecule has 0 aromatic carbocycles. The fourth-order valence-electron chi connectivity index (χ4n) is 7.41. The lowest BCUT2D eigenvalue weighted by Crippen LogP contribution is -2.67. The molecule has 0 aromatic heterocycles. The van der Waals surface area contributed by atoms with Crippen LogP contribution in [0.2, 0.25) is 0 Å². The first-order chi connectivity index (χ1) is 12.3. The Morgan fingerprint density at radius 1 is 1.12 bits per heavy atom. The predicted octanol–water partition coefficient (Wildman–Crippen LogP) is 1.31. The lowest BCUT2D eigenvalue weighted by molar-refractivity contribution is -0.139. The van der Waals surface area contributed by atoms with Gasteiger partial charge in [-0.2, -0.15) is 0 Å². The molecule has 138 valence electrons. The lowest BCUT2D eigenvalue weighted by atomic mass is 9.47. The van der Waals surface area contributed by atoms with Gasteiger partial charge in [-0.15, -0.1) is 0 Å². The number of epoxide rings is 3. The van der Waals surface area contributed by atoms with E-state index in [0.717, 1.165) is 24.0 Å². The normalized spacial score (nSPS) is 60.3. The molecular weight excluding hydrogens is 336 g/mol. The molecule has 3 aliphatic carbocycles. The van der Waals surface area contributed by atoms with Crippen molar-refractivity contribution in [1.29, 1.82) is 0 Å². The molecule has 5 fully saturated rings. The summed E-state index contributed by atoms with van der Waals surface area (Å²) < 4.78 is 24.1. The van der Waals surface area contributed by atoms with E-state index in [2.05, 4.69) is 6.92 Å². The largest absolute Gasteiger partial charge is 0.458 e. The van der Waals surface area contributed by atoms with Gasteiger partial charge >= 0.3 is 5.97 Å². The number of ether oxygens (including phenoxy) is 4. The van der Waals surface area contributed by atoms with Crippen LogP contribution in [0.25, 0.3) is 0 Å². The number of esters is 1. The zero-order valence-electron chi connectivity index (χ0n) is 15.2. The van der Waals surface area contributed by atoms with E-state index in [-0.39, 0.29) is 47.3 Å². The summed E-state index contributed by atoms with van der Waals surface area (Å²) in [5.74, 6) is 0.252. The van der Waals surface area contributed by atoms with Crippen LogP contribution in [-0.2, 0) is 28.5 Å². The van der Waals surface area contributed by atoms with Crippen molar-refractivity contribution in [3.8, 4) is 0 Å². The van der Waals surface area contributed by atoms with E-state index in [1.807, 2.05) is 13.8 Å². The average molecular weight is 358 g/mol. The molecule has 6 nitrogen and oxygen atoms in total. The number of rotatable bonds is 1. The van der Waals surface area contributed by atoms with Gasteiger partial charge in [-0.3, -0.25) is 4.79 Å². The molecule has 0 unspecified atom stereocenters. The third-order valence-electron chi connectivity index (χ3n) is 8.82. The molecule has 0 radical (unpaired) electrons. The van der Waals surface area contributed by atoms with Crippen LogP contribution < -0.4 is 0 Å². The highest BCUT2D eigenvalue weighted by atomic mass is 16.7. The fraction of sp³-hybridized carbons (Fsp3) is 0.800. The standard InChI is InChI=1S/C20H22O6/c1-8(2)18-13(25-18)14-20(26-14)17(3)5-4-9-10(7-23-15(9)21)11(17)6-12-19(20,24-12)16(18)22/h8,11-14H,4-7H2,1-3H3/t11-,12-,13+,14-,17+,18+,19-,20+/m1/s1. The van der Waals surface area contributed by atoms with E-state index < -0.39 is 16.8 Å². The van der Waals surface area contributed by atoms with Crippen LogP contribution in [-0.4, -0.2) is 53.5 Å². The first kappa shape index (κ1) is 14.8. The smallest absolute Gasteiger partial charge is 0.334 e. The molecule has 7 aliphatic rings. The van der Waals surface area contributed by atoms with Crippen molar-refractivity contribution in [3.05, 3.63) is 11.1 Å². The van der Waals surface area contributed by atoms with Gasteiger partial charge in [0, 0.05) is 11.0 Å². The summed E-state index contributed by atoms with van der Waals surface area (Å²) in [7, 11) is 0. The van der Waals surface area contributed by atoms with Gasteiger partial charge in [-0.25, -0.2) is 4.79 Å². The molecule has 7 rings (SSSR count). The van der Waals surface area contributed by atoms with Crippen LogP contribution in [0.1, 0.15) is 40.0 Å². The molecule has 6 heteroatoms. The van der Waals surface area contributed by atoms with Gasteiger partial charge in [0.05, 0.1) is 6.10 Å². The van der Waals surface area contributed by atoms with Crippen molar-refractivity contribution in [2.75, 3.05) is 6.61 Å². The Labute approximate surface area is 151 Å². The molecule has 0 N–H and O–H groups in total. The minimum atomic E-state index is -0.832. The molecule has 0 amide bonds. The topological polar surface area (TPSA) is 81.0 Å². The van der Waals surface area contributed by atoms with Crippen molar-refractivity contribution in [2.24, 2.45) is 17.3 Å². The van der Waals surface area contributed by atoms with Gasteiger partial charge < -0.3 is 18.9 Å². The Kier molecular flexibility index (Phi) is 2.10. The molecular formula is C20H22O6.